The van der Waals surface area contributed by atoms with Crippen molar-refractivity contribution in [3.63, 3.8) is 0 Å². The summed E-state index contributed by atoms with van der Waals surface area (Å²) < 4.78 is 34.0. The number of carboxylic acid groups (broad SMARTS) is 1. The van der Waals surface area contributed by atoms with Gasteiger partial charge in [-0.3, -0.25) is 0 Å². The third-order valence-corrected chi connectivity index (χ3v) is 4.23. The molecule has 7 nitrogen and oxygen atoms in total. The fourth-order valence-electron chi connectivity index (χ4n) is 1.77. The zero-order valence-electron chi connectivity index (χ0n) is 10.9. The van der Waals surface area contributed by atoms with Crippen LogP contribution in [-0.4, -0.2) is 24.7 Å². The van der Waals surface area contributed by atoms with Crippen LogP contribution >= 0.6 is 0 Å². The topological polar surface area (TPSA) is 111 Å². The second-order valence-electron chi connectivity index (χ2n) is 4.41. The average Bonchev–Trinajstić information content (AvgIpc) is 2.90. The molecule has 0 radical (unpaired) electrons. The molecule has 0 aliphatic heterocycles. The van der Waals surface area contributed by atoms with Crippen molar-refractivity contribution in [1.82, 2.24) is 5.16 Å². The first-order chi connectivity index (χ1) is 9.28. The number of hydrogen-bond donors (Lipinski definition) is 1. The molecule has 0 fully saturated rings. The number of sulfone groups is 1. The average molecular weight is 299 g/mol. The summed E-state index contributed by atoms with van der Waals surface area (Å²) in [7, 11) is -3.50. The minimum atomic E-state index is -3.50. The first-order valence-electron chi connectivity index (χ1n) is 5.72. The van der Waals surface area contributed by atoms with E-state index in [1.165, 1.54) is 12.1 Å². The molecule has 0 saturated carbocycles. The Morgan fingerprint density at radius 3 is 2.50 bits per heavy atom. The summed E-state index contributed by atoms with van der Waals surface area (Å²) in [6, 6.07) is 2.57. The van der Waals surface area contributed by atoms with Gasteiger partial charge in [0.05, 0.1) is 11.4 Å². The number of carbonyl (C=O) groups is 1. The molecular weight excluding hydrogens is 286 g/mol. The van der Waals surface area contributed by atoms with Gasteiger partial charge in [0.25, 0.3) is 0 Å². The highest BCUT2D eigenvalue weighted by molar-refractivity contribution is 7.89. The van der Waals surface area contributed by atoms with E-state index in [4.69, 9.17) is 14.0 Å². The summed E-state index contributed by atoms with van der Waals surface area (Å²) in [6.45, 7) is 3.30. The third-order valence-electron chi connectivity index (χ3n) is 2.78. The number of hydrogen-bond acceptors (Lipinski definition) is 6. The molecular formula is C12H13NO6S. The molecule has 1 N–H and O–H groups in total. The molecule has 8 heteroatoms. The zero-order chi connectivity index (χ0) is 14.9. The number of carboxylic acids is 1. The summed E-state index contributed by atoms with van der Waals surface area (Å²) in [5, 5.41) is 12.4. The standard InChI is InChI=1S/C12H13NO6S/c1-7-10(8(2)19-13-7)6-20(16,17)5-9-3-4-11(18-9)12(14)15/h3-4H,5-6H2,1-2H3,(H,14,15). The van der Waals surface area contributed by atoms with Gasteiger partial charge in [-0.2, -0.15) is 0 Å². The lowest BCUT2D eigenvalue weighted by Gasteiger charge is -2.02. The molecule has 2 aromatic rings. The van der Waals surface area contributed by atoms with Gasteiger partial charge < -0.3 is 14.0 Å². The smallest absolute Gasteiger partial charge is 0.371 e. The fraction of sp³-hybridized carbons (Fsp3) is 0.333. The predicted octanol–water partition coefficient (Wildman–Crippen LogP) is 1.70. The molecule has 0 atom stereocenters. The fourth-order valence-corrected chi connectivity index (χ4v) is 3.31. The van der Waals surface area contributed by atoms with Gasteiger partial charge in [0, 0.05) is 5.56 Å². The van der Waals surface area contributed by atoms with E-state index in [0.717, 1.165) is 0 Å². The molecule has 0 spiro atoms. The largest absolute Gasteiger partial charge is 0.475 e. The molecule has 2 rings (SSSR count). The van der Waals surface area contributed by atoms with Gasteiger partial charge in [-0.15, -0.1) is 0 Å². The van der Waals surface area contributed by atoms with Gasteiger partial charge in [0.2, 0.25) is 5.76 Å². The number of aromatic nitrogens is 1. The van der Waals surface area contributed by atoms with Gasteiger partial charge in [0.1, 0.15) is 17.3 Å². The van der Waals surface area contributed by atoms with Crippen molar-refractivity contribution >= 4 is 15.8 Å². The molecule has 0 bridgehead atoms. The van der Waals surface area contributed by atoms with Crippen LogP contribution < -0.4 is 0 Å². The van der Waals surface area contributed by atoms with Crippen LogP contribution in [-0.2, 0) is 21.3 Å². The van der Waals surface area contributed by atoms with Gasteiger partial charge in [-0.05, 0) is 26.0 Å². The lowest BCUT2D eigenvalue weighted by molar-refractivity contribution is 0.0660. The SMILES string of the molecule is Cc1noc(C)c1CS(=O)(=O)Cc1ccc(C(=O)O)o1. The minimum Gasteiger partial charge on any atom is -0.475 e. The first kappa shape index (κ1) is 14.3. The van der Waals surface area contributed by atoms with Crippen LogP contribution in [0.25, 0.3) is 0 Å². The van der Waals surface area contributed by atoms with Crippen LogP contribution in [0.4, 0.5) is 0 Å². The summed E-state index contributed by atoms with van der Waals surface area (Å²) in [6.07, 6.45) is 0. The van der Waals surface area contributed by atoms with Gasteiger partial charge in [0.15, 0.2) is 9.84 Å². The van der Waals surface area contributed by atoms with E-state index in [1.807, 2.05) is 0 Å². The van der Waals surface area contributed by atoms with Gasteiger partial charge in [-0.1, -0.05) is 5.16 Å². The summed E-state index contributed by atoms with van der Waals surface area (Å²) in [5.74, 6) is -1.57. The number of furan rings is 1. The van der Waals surface area contributed by atoms with E-state index in [1.54, 1.807) is 13.8 Å². The van der Waals surface area contributed by atoms with Crippen molar-refractivity contribution in [3.05, 3.63) is 40.7 Å². The lowest BCUT2D eigenvalue weighted by atomic mass is 10.2. The van der Waals surface area contributed by atoms with E-state index in [9.17, 15) is 13.2 Å². The van der Waals surface area contributed by atoms with Crippen molar-refractivity contribution in [3.8, 4) is 0 Å². The highest BCUT2D eigenvalue weighted by atomic mass is 32.2. The van der Waals surface area contributed by atoms with E-state index in [0.29, 0.717) is 17.0 Å². The van der Waals surface area contributed by atoms with Crippen molar-refractivity contribution in [2.75, 3.05) is 0 Å². The monoisotopic (exact) mass is 299 g/mol. The first-order valence-corrected chi connectivity index (χ1v) is 7.55. The maximum Gasteiger partial charge on any atom is 0.371 e. The lowest BCUT2D eigenvalue weighted by Crippen LogP contribution is -2.08. The van der Waals surface area contributed by atoms with Crippen molar-refractivity contribution < 1.29 is 27.3 Å². The molecule has 0 aliphatic carbocycles. The van der Waals surface area contributed by atoms with Crippen LogP contribution in [0.3, 0.4) is 0 Å². The minimum absolute atomic E-state index is 0.0918. The van der Waals surface area contributed by atoms with Gasteiger partial charge >= 0.3 is 5.97 Å². The van der Waals surface area contributed by atoms with E-state index >= 15 is 0 Å². The molecule has 20 heavy (non-hydrogen) atoms. The number of aromatic carboxylic acids is 1. The number of nitrogens with zero attached hydrogens (tertiary/aromatic N) is 1. The molecule has 0 amide bonds. The molecule has 0 aromatic carbocycles. The Kier molecular flexibility index (Phi) is 3.67. The normalized spacial score (nSPS) is 11.7. The number of aryl methyl sites for hydroxylation is 2. The highest BCUT2D eigenvalue weighted by Crippen LogP contribution is 2.19. The Balaban J connectivity index is 2.17. The van der Waals surface area contributed by atoms with Crippen LogP contribution in [0.2, 0.25) is 0 Å². The molecule has 2 heterocycles. The molecule has 2 aromatic heterocycles. The third kappa shape index (κ3) is 3.08. The van der Waals surface area contributed by atoms with Crippen molar-refractivity contribution in [2.24, 2.45) is 0 Å². The molecule has 0 unspecified atom stereocenters. The van der Waals surface area contributed by atoms with Crippen LogP contribution in [0.15, 0.2) is 21.1 Å². The Labute approximate surface area is 115 Å². The quantitative estimate of drug-likeness (QED) is 0.894. The zero-order valence-corrected chi connectivity index (χ0v) is 11.7. The second kappa shape index (κ2) is 5.12. The van der Waals surface area contributed by atoms with Crippen LogP contribution in [0, 0.1) is 13.8 Å². The van der Waals surface area contributed by atoms with E-state index < -0.39 is 15.8 Å². The summed E-state index contributed by atoms with van der Waals surface area (Å²) in [5.41, 5.74) is 1.05. The molecule has 0 aliphatic rings. The maximum atomic E-state index is 12.1. The van der Waals surface area contributed by atoms with E-state index in [2.05, 4.69) is 5.16 Å². The molecule has 0 saturated heterocycles. The Bertz CT molecular complexity index is 720. The summed E-state index contributed by atoms with van der Waals surface area (Å²) >= 11 is 0. The Hall–Kier alpha value is -2.09. The Morgan fingerprint density at radius 1 is 1.30 bits per heavy atom. The molecule has 108 valence electrons. The Morgan fingerprint density at radius 2 is 2.00 bits per heavy atom. The second-order valence-corrected chi connectivity index (χ2v) is 6.47. The predicted molar refractivity (Wildman–Crippen MR) is 68.0 cm³/mol. The van der Waals surface area contributed by atoms with Crippen molar-refractivity contribution in [2.45, 2.75) is 25.4 Å². The summed E-state index contributed by atoms with van der Waals surface area (Å²) in [4.78, 5) is 10.7. The van der Waals surface area contributed by atoms with Crippen molar-refractivity contribution in [1.29, 1.82) is 0 Å². The van der Waals surface area contributed by atoms with Crippen LogP contribution in [0.1, 0.15) is 33.3 Å². The number of rotatable bonds is 5. The van der Waals surface area contributed by atoms with E-state index in [-0.39, 0.29) is 23.0 Å². The maximum absolute atomic E-state index is 12.1. The highest BCUT2D eigenvalue weighted by Gasteiger charge is 2.21. The van der Waals surface area contributed by atoms with Crippen LogP contribution in [0.5, 0.6) is 0 Å². The van der Waals surface area contributed by atoms with Gasteiger partial charge in [-0.25, -0.2) is 13.2 Å².